The van der Waals surface area contributed by atoms with Gasteiger partial charge in [0.1, 0.15) is 18.8 Å². The zero-order valence-corrected chi connectivity index (χ0v) is 18.5. The van der Waals surface area contributed by atoms with Gasteiger partial charge < -0.3 is 29.2 Å². The van der Waals surface area contributed by atoms with Crippen LogP contribution in [-0.4, -0.2) is 41.8 Å². The Morgan fingerprint density at radius 2 is 1.67 bits per heavy atom. The molecule has 33 heavy (non-hydrogen) atoms. The predicted octanol–water partition coefficient (Wildman–Crippen LogP) is 3.68. The molecule has 2 N–H and O–H groups in total. The Balaban J connectivity index is 2.29. The Morgan fingerprint density at radius 3 is 2.27 bits per heavy atom. The smallest absolute Gasteiger partial charge is 0.342 e. The van der Waals surface area contributed by atoms with Crippen molar-refractivity contribution in [2.24, 2.45) is 0 Å². The van der Waals surface area contributed by atoms with E-state index in [1.165, 1.54) is 31.2 Å². The van der Waals surface area contributed by atoms with Crippen LogP contribution in [0, 0.1) is 0 Å². The average Bonchev–Trinajstić information content (AvgIpc) is 2.77. The molecule has 0 saturated heterocycles. The van der Waals surface area contributed by atoms with Crippen LogP contribution >= 0.6 is 0 Å². The van der Waals surface area contributed by atoms with Gasteiger partial charge in [-0.2, -0.15) is 0 Å². The number of para-hydroxylation sites is 1. The Bertz CT molecular complexity index is 1120. The van der Waals surface area contributed by atoms with Crippen molar-refractivity contribution in [3.8, 4) is 23.0 Å². The minimum absolute atomic E-state index is 0.0427. The molecule has 0 heterocycles. The molecule has 0 atom stereocenters. The maximum atomic E-state index is 12.6. The zero-order valence-electron chi connectivity index (χ0n) is 18.5. The highest BCUT2D eigenvalue weighted by molar-refractivity contribution is 5.95. The molecule has 0 aliphatic carbocycles. The number of carbonyl (C=O) groups excluding carboxylic acids is 3. The summed E-state index contributed by atoms with van der Waals surface area (Å²) in [7, 11) is 1.16. The van der Waals surface area contributed by atoms with Gasteiger partial charge in [0.05, 0.1) is 12.7 Å². The summed E-state index contributed by atoms with van der Waals surface area (Å²) in [5, 5.41) is 20.5. The van der Waals surface area contributed by atoms with Crippen molar-refractivity contribution < 1.29 is 43.5 Å². The standard InChI is InChI=1S/C24H24O9/c1-13(2)11-31-20-9-15(17(10-18(20)25)23(28)30-5)12-32-24(29)16-7-6-8-19(21(16)26)33-22(27)14(3)4/h6-10,25-26H,1,3,11-12H2,2,4-5H3. The molecule has 2 rings (SSSR count). The molecule has 0 fully saturated rings. The molecule has 174 valence electrons. The van der Waals surface area contributed by atoms with Gasteiger partial charge in [0.15, 0.2) is 23.0 Å². The maximum Gasteiger partial charge on any atom is 0.342 e. The fourth-order valence-electron chi connectivity index (χ4n) is 2.52. The molecule has 0 aliphatic heterocycles. The van der Waals surface area contributed by atoms with Gasteiger partial charge in [0, 0.05) is 11.1 Å². The third-order valence-electron chi connectivity index (χ3n) is 4.19. The minimum Gasteiger partial charge on any atom is -0.504 e. The van der Waals surface area contributed by atoms with Crippen molar-refractivity contribution in [2.75, 3.05) is 13.7 Å². The van der Waals surface area contributed by atoms with E-state index in [1.54, 1.807) is 6.92 Å². The largest absolute Gasteiger partial charge is 0.504 e. The van der Waals surface area contributed by atoms with E-state index in [0.29, 0.717) is 5.57 Å². The summed E-state index contributed by atoms with van der Waals surface area (Å²) in [6.07, 6.45) is 0. The molecule has 0 aliphatic rings. The molecular formula is C24H24O9. The lowest BCUT2D eigenvalue weighted by Crippen LogP contribution is -2.12. The lowest BCUT2D eigenvalue weighted by atomic mass is 10.1. The Morgan fingerprint density at radius 1 is 0.970 bits per heavy atom. The van der Waals surface area contributed by atoms with E-state index in [2.05, 4.69) is 13.2 Å². The third kappa shape index (κ3) is 6.36. The molecule has 0 amide bonds. The van der Waals surface area contributed by atoms with Crippen LogP contribution in [0.2, 0.25) is 0 Å². The van der Waals surface area contributed by atoms with Gasteiger partial charge in [-0.3, -0.25) is 0 Å². The summed E-state index contributed by atoms with van der Waals surface area (Å²) in [6.45, 7) is 10.0. The van der Waals surface area contributed by atoms with Gasteiger partial charge in [0.2, 0.25) is 0 Å². The van der Waals surface area contributed by atoms with Crippen LogP contribution in [0.3, 0.4) is 0 Å². The van der Waals surface area contributed by atoms with E-state index in [9.17, 15) is 24.6 Å². The van der Waals surface area contributed by atoms with Crippen LogP contribution in [0.5, 0.6) is 23.0 Å². The van der Waals surface area contributed by atoms with Crippen LogP contribution in [0.15, 0.2) is 54.6 Å². The van der Waals surface area contributed by atoms with E-state index in [-0.39, 0.29) is 46.1 Å². The van der Waals surface area contributed by atoms with Crippen molar-refractivity contribution in [3.05, 3.63) is 71.3 Å². The number of benzene rings is 2. The molecule has 0 saturated carbocycles. The predicted molar refractivity (Wildman–Crippen MR) is 117 cm³/mol. The number of hydrogen-bond donors (Lipinski definition) is 2. The molecule has 2 aromatic rings. The maximum absolute atomic E-state index is 12.6. The van der Waals surface area contributed by atoms with Crippen LogP contribution in [-0.2, 0) is 20.9 Å². The molecule has 9 nitrogen and oxygen atoms in total. The first-order valence-corrected chi connectivity index (χ1v) is 9.63. The number of aromatic hydroxyl groups is 2. The van der Waals surface area contributed by atoms with Crippen LogP contribution in [0.25, 0.3) is 0 Å². The second kappa shape index (κ2) is 10.9. The summed E-state index contributed by atoms with van der Waals surface area (Å²) < 4.78 is 20.4. The number of hydrogen-bond acceptors (Lipinski definition) is 9. The fourth-order valence-corrected chi connectivity index (χ4v) is 2.52. The first-order chi connectivity index (χ1) is 15.5. The Hall–Kier alpha value is -4.27. The number of methoxy groups -OCH3 is 1. The first-order valence-electron chi connectivity index (χ1n) is 9.63. The monoisotopic (exact) mass is 456 g/mol. The van der Waals surface area contributed by atoms with E-state index in [1.807, 2.05) is 0 Å². The second-order valence-electron chi connectivity index (χ2n) is 7.11. The van der Waals surface area contributed by atoms with Crippen molar-refractivity contribution in [3.63, 3.8) is 0 Å². The van der Waals surface area contributed by atoms with E-state index < -0.39 is 30.3 Å². The van der Waals surface area contributed by atoms with Gasteiger partial charge in [-0.05, 0) is 43.7 Å². The number of esters is 3. The van der Waals surface area contributed by atoms with Crippen LogP contribution < -0.4 is 9.47 Å². The molecular weight excluding hydrogens is 432 g/mol. The number of rotatable bonds is 9. The first kappa shape index (κ1) is 25.0. The lowest BCUT2D eigenvalue weighted by molar-refractivity contribution is -0.130. The number of carbonyl (C=O) groups is 3. The van der Waals surface area contributed by atoms with Crippen LogP contribution in [0.1, 0.15) is 40.1 Å². The fraction of sp³-hybridized carbons (Fsp3) is 0.208. The van der Waals surface area contributed by atoms with E-state index in [4.69, 9.17) is 18.9 Å². The summed E-state index contributed by atoms with van der Waals surface area (Å²) in [5.74, 6) is -3.59. The highest BCUT2D eigenvalue weighted by atomic mass is 16.5. The van der Waals surface area contributed by atoms with Gasteiger partial charge in [-0.1, -0.05) is 19.2 Å². The van der Waals surface area contributed by atoms with Gasteiger partial charge >= 0.3 is 17.9 Å². The normalized spacial score (nSPS) is 10.2. The molecule has 9 heteroatoms. The average molecular weight is 456 g/mol. The Labute approximate surface area is 190 Å². The van der Waals surface area contributed by atoms with Crippen molar-refractivity contribution >= 4 is 17.9 Å². The lowest BCUT2D eigenvalue weighted by Gasteiger charge is -2.14. The summed E-state index contributed by atoms with van der Waals surface area (Å²) in [6, 6.07) is 6.44. The molecule has 0 radical (unpaired) electrons. The molecule has 0 aromatic heterocycles. The number of phenolic OH excluding ortho intramolecular Hbond substituents is 2. The molecule has 0 unspecified atom stereocenters. The van der Waals surface area contributed by atoms with E-state index >= 15 is 0 Å². The second-order valence-corrected chi connectivity index (χ2v) is 7.11. The Kier molecular flexibility index (Phi) is 8.22. The third-order valence-corrected chi connectivity index (χ3v) is 4.19. The topological polar surface area (TPSA) is 129 Å². The minimum atomic E-state index is -0.950. The highest BCUT2D eigenvalue weighted by Crippen LogP contribution is 2.33. The highest BCUT2D eigenvalue weighted by Gasteiger charge is 2.21. The van der Waals surface area contributed by atoms with E-state index in [0.717, 1.165) is 13.2 Å². The summed E-state index contributed by atoms with van der Waals surface area (Å²) in [4.78, 5) is 36.4. The number of ether oxygens (including phenoxy) is 4. The summed E-state index contributed by atoms with van der Waals surface area (Å²) in [5.41, 5.74) is 0.684. The molecule has 0 bridgehead atoms. The van der Waals surface area contributed by atoms with Gasteiger partial charge in [-0.25, -0.2) is 14.4 Å². The molecule has 2 aromatic carbocycles. The van der Waals surface area contributed by atoms with Gasteiger partial charge in [0.25, 0.3) is 0 Å². The number of phenols is 2. The molecule has 0 spiro atoms. The van der Waals surface area contributed by atoms with Crippen molar-refractivity contribution in [2.45, 2.75) is 20.5 Å². The quantitative estimate of drug-likeness (QED) is 0.251. The van der Waals surface area contributed by atoms with Crippen LogP contribution in [0.4, 0.5) is 0 Å². The van der Waals surface area contributed by atoms with Crippen molar-refractivity contribution in [1.29, 1.82) is 0 Å². The SMILES string of the molecule is C=C(C)COc1cc(COC(=O)c2cccc(OC(=O)C(=C)C)c2O)c(C(=O)OC)cc1O. The summed E-state index contributed by atoms with van der Waals surface area (Å²) >= 11 is 0. The zero-order chi connectivity index (χ0) is 24.7. The van der Waals surface area contributed by atoms with Crippen molar-refractivity contribution in [1.82, 2.24) is 0 Å². The van der Waals surface area contributed by atoms with Gasteiger partial charge in [-0.15, -0.1) is 0 Å².